The lowest BCUT2D eigenvalue weighted by Crippen LogP contribution is -2.43. The Bertz CT molecular complexity index is 930. The van der Waals surface area contributed by atoms with Gasteiger partial charge in [0.25, 0.3) is 0 Å². The summed E-state index contributed by atoms with van der Waals surface area (Å²) < 4.78 is 10.6. The first-order valence-electron chi connectivity index (χ1n) is 9.61. The predicted octanol–water partition coefficient (Wildman–Crippen LogP) is 3.64. The zero-order valence-corrected chi connectivity index (χ0v) is 17.7. The third-order valence-corrected chi connectivity index (χ3v) is 5.15. The molecule has 0 aliphatic carbocycles. The Balaban J connectivity index is 1.63. The number of piperidine rings is 1. The quantitative estimate of drug-likeness (QED) is 0.709. The van der Waals surface area contributed by atoms with Gasteiger partial charge in [-0.05, 0) is 49.2 Å². The Morgan fingerprint density at radius 1 is 1.23 bits per heavy atom. The predicted molar refractivity (Wildman–Crippen MR) is 116 cm³/mol. The molecule has 1 aromatic carbocycles. The standard InChI is InChI=1S/C22H24ClN3O4/c1-29-18-7-8-19(30-2)15(12-18)5-10-21(27)26-11-3-4-16(14-26)22(28)25-20-9-6-17(23)13-24-20/h5-10,12-13,16H,3-4,11,14H2,1-2H3,(H,24,25,28). The Morgan fingerprint density at radius 3 is 2.77 bits per heavy atom. The third kappa shape index (κ3) is 5.51. The van der Waals surface area contributed by atoms with Gasteiger partial charge in [-0.25, -0.2) is 4.98 Å². The number of carbonyl (C=O) groups is 2. The van der Waals surface area contributed by atoms with Gasteiger partial charge in [0.15, 0.2) is 0 Å². The van der Waals surface area contributed by atoms with Crippen LogP contribution in [0.4, 0.5) is 5.82 Å². The number of halogens is 1. The lowest BCUT2D eigenvalue weighted by atomic mass is 9.97. The molecule has 2 aromatic rings. The number of likely N-dealkylation sites (tertiary alicyclic amines) is 1. The summed E-state index contributed by atoms with van der Waals surface area (Å²) in [5.74, 6) is 1.17. The summed E-state index contributed by atoms with van der Waals surface area (Å²) in [4.78, 5) is 31.1. The van der Waals surface area contributed by atoms with Crippen molar-refractivity contribution in [3.8, 4) is 11.5 Å². The van der Waals surface area contributed by atoms with Gasteiger partial charge in [-0.3, -0.25) is 9.59 Å². The highest BCUT2D eigenvalue weighted by molar-refractivity contribution is 6.30. The van der Waals surface area contributed by atoms with E-state index in [1.165, 1.54) is 12.3 Å². The molecule has 3 rings (SSSR count). The van der Waals surface area contributed by atoms with Gasteiger partial charge in [-0.2, -0.15) is 0 Å². The molecule has 1 saturated heterocycles. The second-order valence-electron chi connectivity index (χ2n) is 6.92. The van der Waals surface area contributed by atoms with E-state index < -0.39 is 0 Å². The summed E-state index contributed by atoms with van der Waals surface area (Å²) in [6.45, 7) is 0.971. The minimum absolute atomic E-state index is 0.151. The summed E-state index contributed by atoms with van der Waals surface area (Å²) >= 11 is 5.82. The van der Waals surface area contributed by atoms with E-state index in [1.54, 1.807) is 55.5 Å². The van der Waals surface area contributed by atoms with Gasteiger partial charge in [0.2, 0.25) is 11.8 Å². The lowest BCUT2D eigenvalue weighted by molar-refractivity contribution is -0.130. The van der Waals surface area contributed by atoms with Gasteiger partial charge < -0.3 is 19.7 Å². The molecule has 1 unspecified atom stereocenters. The Hall–Kier alpha value is -3.06. The molecule has 1 fully saturated rings. The van der Waals surface area contributed by atoms with Crippen LogP contribution in [0.1, 0.15) is 18.4 Å². The number of carbonyl (C=O) groups excluding carboxylic acids is 2. The molecular formula is C22H24ClN3O4. The van der Waals surface area contributed by atoms with Gasteiger partial charge >= 0.3 is 0 Å². The van der Waals surface area contributed by atoms with Crippen LogP contribution in [0.15, 0.2) is 42.6 Å². The molecule has 2 heterocycles. The maximum atomic E-state index is 12.7. The molecule has 0 spiro atoms. The largest absolute Gasteiger partial charge is 0.497 e. The molecule has 1 aromatic heterocycles. The fourth-order valence-corrected chi connectivity index (χ4v) is 3.42. The van der Waals surface area contributed by atoms with Crippen LogP contribution in [0.2, 0.25) is 5.02 Å². The van der Waals surface area contributed by atoms with Crippen molar-refractivity contribution >= 4 is 35.3 Å². The van der Waals surface area contributed by atoms with Crippen LogP contribution in [0.3, 0.4) is 0 Å². The molecule has 1 aliphatic heterocycles. The molecule has 0 radical (unpaired) electrons. The fraction of sp³-hybridized carbons (Fsp3) is 0.318. The maximum absolute atomic E-state index is 12.7. The topological polar surface area (TPSA) is 80.8 Å². The van der Waals surface area contributed by atoms with Crippen molar-refractivity contribution in [2.24, 2.45) is 5.92 Å². The normalized spacial score (nSPS) is 16.4. The van der Waals surface area contributed by atoms with E-state index in [2.05, 4.69) is 10.3 Å². The zero-order chi connectivity index (χ0) is 21.5. The van der Waals surface area contributed by atoms with Gasteiger partial charge in [0, 0.05) is 30.9 Å². The van der Waals surface area contributed by atoms with E-state index in [4.69, 9.17) is 21.1 Å². The monoisotopic (exact) mass is 429 g/mol. The summed E-state index contributed by atoms with van der Waals surface area (Å²) in [5, 5.41) is 3.29. The smallest absolute Gasteiger partial charge is 0.246 e. The van der Waals surface area contributed by atoms with E-state index in [-0.39, 0.29) is 17.7 Å². The summed E-state index contributed by atoms with van der Waals surface area (Å²) in [6, 6.07) is 8.69. The summed E-state index contributed by atoms with van der Waals surface area (Å²) in [6.07, 6.45) is 6.15. The first-order valence-corrected chi connectivity index (χ1v) is 9.99. The number of nitrogens with zero attached hydrogens (tertiary/aromatic N) is 2. The third-order valence-electron chi connectivity index (χ3n) is 4.92. The fourth-order valence-electron chi connectivity index (χ4n) is 3.31. The number of ether oxygens (including phenoxy) is 2. The van der Waals surface area contributed by atoms with Crippen LogP contribution in [0.25, 0.3) is 6.08 Å². The number of benzene rings is 1. The van der Waals surface area contributed by atoms with Crippen molar-refractivity contribution < 1.29 is 19.1 Å². The zero-order valence-electron chi connectivity index (χ0n) is 16.9. The average molecular weight is 430 g/mol. The number of anilines is 1. The van der Waals surface area contributed by atoms with Crippen molar-refractivity contribution in [2.45, 2.75) is 12.8 Å². The Morgan fingerprint density at radius 2 is 2.07 bits per heavy atom. The summed E-state index contributed by atoms with van der Waals surface area (Å²) in [5.41, 5.74) is 0.741. The highest BCUT2D eigenvalue weighted by Gasteiger charge is 2.27. The molecule has 8 heteroatoms. The van der Waals surface area contributed by atoms with Crippen molar-refractivity contribution in [1.82, 2.24) is 9.88 Å². The van der Waals surface area contributed by atoms with Crippen LogP contribution >= 0.6 is 11.6 Å². The average Bonchev–Trinajstić information content (AvgIpc) is 2.78. The summed E-state index contributed by atoms with van der Waals surface area (Å²) in [7, 11) is 3.16. The SMILES string of the molecule is COc1ccc(OC)c(C=CC(=O)N2CCCC(C(=O)Nc3ccc(Cl)cn3)C2)c1. The second kappa shape index (κ2) is 10.1. The molecule has 7 nitrogen and oxygen atoms in total. The van der Waals surface area contributed by atoms with Gasteiger partial charge in [0.05, 0.1) is 25.2 Å². The van der Waals surface area contributed by atoms with Crippen LogP contribution in [0, 0.1) is 5.92 Å². The Labute approximate surface area is 180 Å². The van der Waals surface area contributed by atoms with E-state index >= 15 is 0 Å². The lowest BCUT2D eigenvalue weighted by Gasteiger charge is -2.31. The molecule has 30 heavy (non-hydrogen) atoms. The van der Waals surface area contributed by atoms with Crippen LogP contribution in [-0.4, -0.2) is 49.0 Å². The number of rotatable bonds is 6. The minimum atomic E-state index is -0.292. The van der Waals surface area contributed by atoms with E-state index in [0.29, 0.717) is 35.4 Å². The van der Waals surface area contributed by atoms with E-state index in [1.807, 2.05) is 0 Å². The maximum Gasteiger partial charge on any atom is 0.246 e. The highest BCUT2D eigenvalue weighted by Crippen LogP contribution is 2.25. The van der Waals surface area contributed by atoms with Gasteiger partial charge in [0.1, 0.15) is 17.3 Å². The number of amides is 2. The van der Waals surface area contributed by atoms with E-state index in [9.17, 15) is 9.59 Å². The molecule has 1 atom stereocenters. The molecule has 0 bridgehead atoms. The molecule has 2 amide bonds. The molecule has 0 saturated carbocycles. The number of methoxy groups -OCH3 is 2. The van der Waals surface area contributed by atoms with Crippen molar-refractivity contribution in [2.75, 3.05) is 32.6 Å². The van der Waals surface area contributed by atoms with Crippen molar-refractivity contribution in [3.05, 3.63) is 53.2 Å². The number of pyridine rings is 1. The molecule has 158 valence electrons. The first-order chi connectivity index (χ1) is 14.5. The first kappa shape index (κ1) is 21.6. The van der Waals surface area contributed by atoms with Gasteiger partial charge in [-0.15, -0.1) is 0 Å². The number of hydrogen-bond donors (Lipinski definition) is 1. The second-order valence-corrected chi connectivity index (χ2v) is 7.35. The molecule has 1 N–H and O–H groups in total. The number of nitrogens with one attached hydrogen (secondary N) is 1. The molecule has 1 aliphatic rings. The van der Waals surface area contributed by atoms with E-state index in [0.717, 1.165) is 18.4 Å². The van der Waals surface area contributed by atoms with Crippen molar-refractivity contribution in [3.63, 3.8) is 0 Å². The number of hydrogen-bond acceptors (Lipinski definition) is 5. The van der Waals surface area contributed by atoms with Gasteiger partial charge in [-0.1, -0.05) is 11.6 Å². The van der Waals surface area contributed by atoms with Crippen LogP contribution < -0.4 is 14.8 Å². The van der Waals surface area contributed by atoms with Crippen molar-refractivity contribution in [1.29, 1.82) is 0 Å². The van der Waals surface area contributed by atoms with Crippen LogP contribution in [-0.2, 0) is 9.59 Å². The Kier molecular flexibility index (Phi) is 7.30. The highest BCUT2D eigenvalue weighted by atomic mass is 35.5. The molecular weight excluding hydrogens is 406 g/mol. The minimum Gasteiger partial charge on any atom is -0.497 e. The number of aromatic nitrogens is 1. The van der Waals surface area contributed by atoms with Crippen LogP contribution in [0.5, 0.6) is 11.5 Å².